The predicted octanol–water partition coefficient (Wildman–Crippen LogP) is 3.29. The zero-order chi connectivity index (χ0) is 13.7. The highest BCUT2D eigenvalue weighted by molar-refractivity contribution is 5.50. The number of hydrogen-bond donors (Lipinski definition) is 1. The zero-order valence-electron chi connectivity index (χ0n) is 11.2. The third kappa shape index (κ3) is 3.44. The molecule has 1 aromatic carbocycles. The summed E-state index contributed by atoms with van der Waals surface area (Å²) in [7, 11) is 1.98. The van der Waals surface area contributed by atoms with Gasteiger partial charge in [0.25, 0.3) is 0 Å². The van der Waals surface area contributed by atoms with E-state index < -0.39 is 0 Å². The molecule has 3 nitrogen and oxygen atoms in total. The highest BCUT2D eigenvalue weighted by atomic mass is 19.1. The molecule has 2 aromatic rings. The van der Waals surface area contributed by atoms with E-state index in [-0.39, 0.29) is 5.82 Å². The molecule has 0 saturated carbocycles. The molecule has 0 saturated heterocycles. The molecule has 0 fully saturated rings. The van der Waals surface area contributed by atoms with Gasteiger partial charge in [-0.25, -0.2) is 9.37 Å². The number of halogens is 1. The number of hydrogen-bond acceptors (Lipinski definition) is 3. The summed E-state index contributed by atoms with van der Waals surface area (Å²) in [6, 6.07) is 10.5. The molecule has 100 valence electrons. The Bertz CT molecular complexity index is 525. The van der Waals surface area contributed by atoms with Gasteiger partial charge in [0.2, 0.25) is 0 Å². The van der Waals surface area contributed by atoms with Crippen molar-refractivity contribution in [1.29, 1.82) is 0 Å². The second kappa shape index (κ2) is 6.18. The molecule has 0 radical (unpaired) electrons. The van der Waals surface area contributed by atoms with Crippen molar-refractivity contribution < 1.29 is 4.39 Å². The Kier molecular flexibility index (Phi) is 4.34. The lowest BCUT2D eigenvalue weighted by Crippen LogP contribution is -2.18. The predicted molar refractivity (Wildman–Crippen MR) is 76.9 cm³/mol. The molecule has 4 heteroatoms. The normalized spacial score (nSPS) is 10.3. The number of nitrogens with one attached hydrogen (secondary N) is 1. The Morgan fingerprint density at radius 3 is 2.63 bits per heavy atom. The van der Waals surface area contributed by atoms with E-state index in [1.807, 2.05) is 26.1 Å². The number of anilines is 2. The molecule has 0 aliphatic rings. The maximum absolute atomic E-state index is 12.9. The molecular weight excluding hydrogens is 241 g/mol. The molecule has 19 heavy (non-hydrogen) atoms. The van der Waals surface area contributed by atoms with Crippen molar-refractivity contribution in [2.45, 2.75) is 13.5 Å². The van der Waals surface area contributed by atoms with Crippen LogP contribution in [0.2, 0.25) is 0 Å². The van der Waals surface area contributed by atoms with Crippen LogP contribution in [0, 0.1) is 5.82 Å². The Labute approximate surface area is 113 Å². The van der Waals surface area contributed by atoms with E-state index >= 15 is 0 Å². The van der Waals surface area contributed by atoms with Gasteiger partial charge >= 0.3 is 0 Å². The first-order chi connectivity index (χ1) is 9.20. The summed E-state index contributed by atoms with van der Waals surface area (Å²) >= 11 is 0. The lowest BCUT2D eigenvalue weighted by Gasteiger charge is -2.20. The van der Waals surface area contributed by atoms with Gasteiger partial charge in [-0.05, 0) is 37.3 Å². The fraction of sp³-hybridized carbons (Fsp3) is 0.267. The average molecular weight is 259 g/mol. The van der Waals surface area contributed by atoms with Gasteiger partial charge in [0.05, 0.1) is 0 Å². The summed E-state index contributed by atoms with van der Waals surface area (Å²) in [5.74, 6) is 0.686. The summed E-state index contributed by atoms with van der Waals surface area (Å²) in [6.07, 6.45) is 1.78. The number of pyridine rings is 1. The molecule has 1 N–H and O–H groups in total. The fourth-order valence-electron chi connectivity index (χ4n) is 1.94. The second-order valence-corrected chi connectivity index (χ2v) is 4.37. The van der Waals surface area contributed by atoms with Crippen LogP contribution in [0.3, 0.4) is 0 Å². The van der Waals surface area contributed by atoms with Crippen LogP contribution >= 0.6 is 0 Å². The maximum Gasteiger partial charge on any atom is 0.130 e. The lowest BCUT2D eigenvalue weighted by molar-refractivity contribution is 0.627. The monoisotopic (exact) mass is 259 g/mol. The SMILES string of the molecule is CCNc1ncccc1CN(C)c1ccc(F)cc1. The van der Waals surface area contributed by atoms with E-state index in [0.717, 1.165) is 30.2 Å². The van der Waals surface area contributed by atoms with Crippen LogP contribution in [0.15, 0.2) is 42.6 Å². The highest BCUT2D eigenvalue weighted by Gasteiger charge is 2.07. The average Bonchev–Trinajstić information content (AvgIpc) is 2.42. The summed E-state index contributed by atoms with van der Waals surface area (Å²) in [5.41, 5.74) is 2.10. The first-order valence-corrected chi connectivity index (χ1v) is 6.35. The quantitative estimate of drug-likeness (QED) is 0.893. The Hall–Kier alpha value is -2.10. The van der Waals surface area contributed by atoms with Crippen molar-refractivity contribution in [2.24, 2.45) is 0 Å². The third-order valence-electron chi connectivity index (χ3n) is 2.91. The van der Waals surface area contributed by atoms with Crippen molar-refractivity contribution in [3.8, 4) is 0 Å². The first-order valence-electron chi connectivity index (χ1n) is 6.35. The first kappa shape index (κ1) is 13.3. The Morgan fingerprint density at radius 2 is 1.95 bits per heavy atom. The van der Waals surface area contributed by atoms with Gasteiger partial charge in [0.15, 0.2) is 0 Å². The van der Waals surface area contributed by atoms with E-state index in [1.54, 1.807) is 18.3 Å². The van der Waals surface area contributed by atoms with Crippen LogP contribution in [-0.4, -0.2) is 18.6 Å². The zero-order valence-corrected chi connectivity index (χ0v) is 11.2. The molecule has 0 atom stereocenters. The van der Waals surface area contributed by atoms with Crippen molar-refractivity contribution in [1.82, 2.24) is 4.98 Å². The Morgan fingerprint density at radius 1 is 1.21 bits per heavy atom. The van der Waals surface area contributed by atoms with E-state index in [2.05, 4.69) is 15.2 Å². The smallest absolute Gasteiger partial charge is 0.130 e. The van der Waals surface area contributed by atoms with Crippen LogP contribution in [0.25, 0.3) is 0 Å². The minimum atomic E-state index is -0.216. The Balaban J connectivity index is 2.14. The van der Waals surface area contributed by atoms with Crippen LogP contribution in [0.5, 0.6) is 0 Å². The molecule has 2 rings (SSSR count). The van der Waals surface area contributed by atoms with Crippen molar-refractivity contribution in [3.05, 3.63) is 54.0 Å². The minimum absolute atomic E-state index is 0.216. The van der Waals surface area contributed by atoms with Gasteiger partial charge < -0.3 is 10.2 Å². The number of aromatic nitrogens is 1. The van der Waals surface area contributed by atoms with E-state index in [0.29, 0.717) is 0 Å². The van der Waals surface area contributed by atoms with Gasteiger partial charge in [0, 0.05) is 37.6 Å². The molecule has 0 amide bonds. The molecule has 1 aromatic heterocycles. The van der Waals surface area contributed by atoms with Gasteiger partial charge in [0.1, 0.15) is 11.6 Å². The van der Waals surface area contributed by atoms with E-state index in [4.69, 9.17) is 0 Å². The summed E-state index contributed by atoms with van der Waals surface area (Å²) < 4.78 is 12.9. The maximum atomic E-state index is 12.9. The van der Waals surface area contributed by atoms with Crippen LogP contribution < -0.4 is 10.2 Å². The van der Waals surface area contributed by atoms with Crippen LogP contribution in [0.4, 0.5) is 15.9 Å². The number of nitrogens with zero attached hydrogens (tertiary/aromatic N) is 2. The van der Waals surface area contributed by atoms with Crippen LogP contribution in [0.1, 0.15) is 12.5 Å². The van der Waals surface area contributed by atoms with Gasteiger partial charge in [-0.3, -0.25) is 0 Å². The molecule has 0 aliphatic heterocycles. The topological polar surface area (TPSA) is 28.2 Å². The molecule has 0 spiro atoms. The molecular formula is C15H18FN3. The third-order valence-corrected chi connectivity index (χ3v) is 2.91. The van der Waals surface area contributed by atoms with Crippen LogP contribution in [-0.2, 0) is 6.54 Å². The fourth-order valence-corrected chi connectivity index (χ4v) is 1.94. The summed E-state index contributed by atoms with van der Waals surface area (Å²) in [5, 5.41) is 3.24. The number of rotatable bonds is 5. The number of benzene rings is 1. The van der Waals surface area contributed by atoms with Gasteiger partial charge in [-0.1, -0.05) is 6.07 Å². The van der Waals surface area contributed by atoms with Gasteiger partial charge in [-0.2, -0.15) is 0 Å². The second-order valence-electron chi connectivity index (χ2n) is 4.37. The molecule has 0 aliphatic carbocycles. The molecule has 0 bridgehead atoms. The highest BCUT2D eigenvalue weighted by Crippen LogP contribution is 2.19. The lowest BCUT2D eigenvalue weighted by atomic mass is 10.2. The molecule has 1 heterocycles. The van der Waals surface area contributed by atoms with E-state index in [1.165, 1.54) is 12.1 Å². The van der Waals surface area contributed by atoms with Crippen molar-refractivity contribution in [3.63, 3.8) is 0 Å². The standard InChI is InChI=1S/C15H18FN3/c1-3-17-15-12(5-4-10-18-15)11-19(2)14-8-6-13(16)7-9-14/h4-10H,3,11H2,1-2H3,(H,17,18). The minimum Gasteiger partial charge on any atom is -0.370 e. The summed E-state index contributed by atoms with van der Waals surface area (Å²) in [4.78, 5) is 6.40. The molecule has 0 unspecified atom stereocenters. The van der Waals surface area contributed by atoms with Crippen molar-refractivity contribution >= 4 is 11.5 Å². The van der Waals surface area contributed by atoms with Crippen molar-refractivity contribution in [2.75, 3.05) is 23.8 Å². The largest absolute Gasteiger partial charge is 0.370 e. The summed E-state index contributed by atoms with van der Waals surface area (Å²) in [6.45, 7) is 3.61. The van der Waals surface area contributed by atoms with Gasteiger partial charge in [-0.15, -0.1) is 0 Å². The van der Waals surface area contributed by atoms with E-state index in [9.17, 15) is 4.39 Å².